The van der Waals surface area contributed by atoms with Crippen LogP contribution in [0.2, 0.25) is 0 Å². The summed E-state index contributed by atoms with van der Waals surface area (Å²) in [5.74, 6) is 0.820. The molecule has 0 bridgehead atoms. The van der Waals surface area contributed by atoms with E-state index in [1.165, 1.54) is 6.20 Å². The third kappa shape index (κ3) is 4.14. The molecule has 0 aromatic carbocycles. The fourth-order valence-electron chi connectivity index (χ4n) is 3.19. The standard InChI is InChI=1S/C17H26N6O3/c1-17(2,3)26-16(25)22(4)9-11-6-5-7-23(10-11)15-19-13-12(8-18-21-13)14(24)20-15/h8,11H,5-7,9-10H2,1-4H3,(H2,18,19,20,21,24). The molecule has 1 aliphatic heterocycles. The topological polar surface area (TPSA) is 107 Å². The lowest BCUT2D eigenvalue weighted by atomic mass is 9.98. The Kier molecular flexibility index (Phi) is 4.88. The van der Waals surface area contributed by atoms with E-state index in [1.54, 1.807) is 11.9 Å². The molecule has 0 spiro atoms. The molecule has 1 saturated heterocycles. The number of aromatic amines is 2. The summed E-state index contributed by atoms with van der Waals surface area (Å²) in [6, 6.07) is 0. The number of carbonyl (C=O) groups excluding carboxylic acids is 1. The summed E-state index contributed by atoms with van der Waals surface area (Å²) in [6.45, 7) is 7.70. The predicted octanol–water partition coefficient (Wildman–Crippen LogP) is 1.73. The maximum Gasteiger partial charge on any atom is 0.410 e. The van der Waals surface area contributed by atoms with E-state index >= 15 is 0 Å². The van der Waals surface area contributed by atoms with Gasteiger partial charge in [0.1, 0.15) is 11.0 Å². The Bertz CT molecular complexity index is 837. The minimum Gasteiger partial charge on any atom is -0.444 e. The number of piperidine rings is 1. The van der Waals surface area contributed by atoms with Crippen molar-refractivity contribution < 1.29 is 9.53 Å². The molecule has 1 unspecified atom stereocenters. The first-order valence-corrected chi connectivity index (χ1v) is 8.85. The van der Waals surface area contributed by atoms with Crippen LogP contribution in [0.5, 0.6) is 0 Å². The van der Waals surface area contributed by atoms with Gasteiger partial charge in [0.05, 0.1) is 6.20 Å². The van der Waals surface area contributed by atoms with Crippen LogP contribution < -0.4 is 10.5 Å². The summed E-state index contributed by atoms with van der Waals surface area (Å²) in [5, 5.41) is 7.06. The van der Waals surface area contributed by atoms with E-state index in [-0.39, 0.29) is 17.6 Å². The zero-order valence-electron chi connectivity index (χ0n) is 15.7. The highest BCUT2D eigenvalue weighted by Gasteiger charge is 2.26. The Labute approximate surface area is 151 Å². The number of rotatable bonds is 3. The smallest absolute Gasteiger partial charge is 0.410 e. The molecule has 26 heavy (non-hydrogen) atoms. The van der Waals surface area contributed by atoms with Gasteiger partial charge in [-0.1, -0.05) is 0 Å². The van der Waals surface area contributed by atoms with E-state index in [4.69, 9.17) is 4.74 Å². The average molecular weight is 362 g/mol. The highest BCUT2D eigenvalue weighted by molar-refractivity contribution is 5.73. The number of hydrogen-bond donors (Lipinski definition) is 2. The quantitative estimate of drug-likeness (QED) is 0.861. The van der Waals surface area contributed by atoms with Crippen LogP contribution in [0.1, 0.15) is 33.6 Å². The zero-order valence-corrected chi connectivity index (χ0v) is 15.7. The average Bonchev–Trinajstić information content (AvgIpc) is 3.02. The Balaban J connectivity index is 1.67. The van der Waals surface area contributed by atoms with Crippen molar-refractivity contribution in [1.82, 2.24) is 25.1 Å². The van der Waals surface area contributed by atoms with Gasteiger partial charge in [-0.25, -0.2) is 4.79 Å². The largest absolute Gasteiger partial charge is 0.444 e. The molecule has 1 aliphatic rings. The second kappa shape index (κ2) is 6.97. The molecule has 3 heterocycles. The molecular weight excluding hydrogens is 336 g/mol. The molecule has 3 rings (SSSR count). The third-order valence-electron chi connectivity index (χ3n) is 4.36. The Morgan fingerprint density at radius 2 is 2.23 bits per heavy atom. The first-order chi connectivity index (χ1) is 12.2. The maximum atomic E-state index is 12.2. The van der Waals surface area contributed by atoms with Crippen molar-refractivity contribution in [2.75, 3.05) is 31.6 Å². The van der Waals surface area contributed by atoms with Crippen molar-refractivity contribution in [2.45, 2.75) is 39.2 Å². The molecule has 9 heteroatoms. The van der Waals surface area contributed by atoms with Gasteiger partial charge in [0.2, 0.25) is 5.95 Å². The van der Waals surface area contributed by atoms with Crippen LogP contribution in [0.3, 0.4) is 0 Å². The summed E-state index contributed by atoms with van der Waals surface area (Å²) >= 11 is 0. The first-order valence-electron chi connectivity index (χ1n) is 8.85. The molecule has 9 nitrogen and oxygen atoms in total. The van der Waals surface area contributed by atoms with Gasteiger partial charge in [-0.05, 0) is 39.5 Å². The number of aromatic nitrogens is 4. The SMILES string of the molecule is CN(CC1CCCN(c2nc3[nH]ncc3c(=O)[nH]2)C1)C(=O)OC(C)(C)C. The fourth-order valence-corrected chi connectivity index (χ4v) is 3.19. The number of H-pyrrole nitrogens is 2. The van der Waals surface area contributed by atoms with Crippen molar-refractivity contribution in [3.05, 3.63) is 16.6 Å². The van der Waals surface area contributed by atoms with E-state index in [0.29, 0.717) is 23.5 Å². The summed E-state index contributed by atoms with van der Waals surface area (Å²) < 4.78 is 5.41. The molecule has 0 aliphatic carbocycles. The lowest BCUT2D eigenvalue weighted by molar-refractivity contribution is 0.0269. The van der Waals surface area contributed by atoms with Crippen LogP contribution in [0.15, 0.2) is 11.0 Å². The van der Waals surface area contributed by atoms with Gasteiger partial charge in [0.25, 0.3) is 5.56 Å². The molecular formula is C17H26N6O3. The third-order valence-corrected chi connectivity index (χ3v) is 4.36. The number of fused-ring (bicyclic) bond motifs is 1. The van der Waals surface area contributed by atoms with E-state index in [2.05, 4.69) is 25.1 Å². The van der Waals surface area contributed by atoms with Gasteiger partial charge in [-0.3, -0.25) is 14.9 Å². The lowest BCUT2D eigenvalue weighted by Crippen LogP contribution is -2.43. The molecule has 2 aromatic heterocycles. The molecule has 0 radical (unpaired) electrons. The Morgan fingerprint density at radius 3 is 2.96 bits per heavy atom. The van der Waals surface area contributed by atoms with Gasteiger partial charge in [-0.2, -0.15) is 10.1 Å². The zero-order chi connectivity index (χ0) is 18.9. The molecule has 2 aromatic rings. The monoisotopic (exact) mass is 362 g/mol. The Hall–Kier alpha value is -2.58. The highest BCUT2D eigenvalue weighted by Crippen LogP contribution is 2.22. The van der Waals surface area contributed by atoms with Crippen molar-refractivity contribution in [3.63, 3.8) is 0 Å². The number of nitrogens with one attached hydrogen (secondary N) is 2. The molecule has 0 saturated carbocycles. The van der Waals surface area contributed by atoms with Crippen molar-refractivity contribution in [3.8, 4) is 0 Å². The summed E-state index contributed by atoms with van der Waals surface area (Å²) in [4.78, 5) is 35.3. The predicted molar refractivity (Wildman–Crippen MR) is 98.3 cm³/mol. The van der Waals surface area contributed by atoms with Crippen LogP contribution in [0.4, 0.5) is 10.7 Å². The van der Waals surface area contributed by atoms with Crippen LogP contribution in [0.25, 0.3) is 11.0 Å². The number of carbonyl (C=O) groups is 1. The molecule has 142 valence electrons. The lowest BCUT2D eigenvalue weighted by Gasteiger charge is -2.35. The maximum absolute atomic E-state index is 12.2. The van der Waals surface area contributed by atoms with Crippen LogP contribution in [-0.2, 0) is 4.74 Å². The molecule has 1 atom stereocenters. The summed E-state index contributed by atoms with van der Waals surface area (Å²) in [5.41, 5.74) is -0.226. The fraction of sp³-hybridized carbons (Fsp3) is 0.647. The van der Waals surface area contributed by atoms with Crippen molar-refractivity contribution >= 4 is 23.1 Å². The van der Waals surface area contributed by atoms with Gasteiger partial charge in [0.15, 0.2) is 5.65 Å². The second-order valence-corrected chi connectivity index (χ2v) is 7.84. The van der Waals surface area contributed by atoms with Gasteiger partial charge < -0.3 is 14.5 Å². The number of ether oxygens (including phenoxy) is 1. The molecule has 2 N–H and O–H groups in total. The molecule has 1 amide bonds. The summed E-state index contributed by atoms with van der Waals surface area (Å²) in [6.07, 6.45) is 3.14. The minimum atomic E-state index is -0.507. The van der Waals surface area contributed by atoms with Crippen LogP contribution in [-0.4, -0.2) is 63.4 Å². The number of amides is 1. The normalized spacial score (nSPS) is 18.2. The number of nitrogens with zero attached hydrogens (tertiary/aromatic N) is 4. The summed E-state index contributed by atoms with van der Waals surface area (Å²) in [7, 11) is 1.75. The molecule has 1 fully saturated rings. The number of hydrogen-bond acceptors (Lipinski definition) is 6. The number of anilines is 1. The van der Waals surface area contributed by atoms with Gasteiger partial charge >= 0.3 is 6.09 Å². The first kappa shape index (κ1) is 18.2. The van der Waals surface area contributed by atoms with Crippen molar-refractivity contribution in [1.29, 1.82) is 0 Å². The second-order valence-electron chi connectivity index (χ2n) is 7.84. The van der Waals surface area contributed by atoms with E-state index < -0.39 is 5.60 Å². The minimum absolute atomic E-state index is 0.202. The van der Waals surface area contributed by atoms with E-state index in [0.717, 1.165) is 25.9 Å². The van der Waals surface area contributed by atoms with Crippen LogP contribution >= 0.6 is 0 Å². The highest BCUT2D eigenvalue weighted by atomic mass is 16.6. The van der Waals surface area contributed by atoms with E-state index in [9.17, 15) is 9.59 Å². The van der Waals surface area contributed by atoms with Crippen LogP contribution in [0, 0.1) is 5.92 Å². The Morgan fingerprint density at radius 1 is 1.46 bits per heavy atom. The van der Waals surface area contributed by atoms with E-state index in [1.807, 2.05) is 20.8 Å². The van der Waals surface area contributed by atoms with Crippen molar-refractivity contribution in [2.24, 2.45) is 5.92 Å². The van der Waals surface area contributed by atoms with Gasteiger partial charge in [-0.15, -0.1) is 0 Å². The van der Waals surface area contributed by atoms with Gasteiger partial charge in [0, 0.05) is 26.7 Å².